The van der Waals surface area contributed by atoms with Crippen LogP contribution in [0.3, 0.4) is 0 Å². The number of benzene rings is 1. The minimum atomic E-state index is -1.67. The number of esters is 1. The number of hydrogen-bond acceptors (Lipinski definition) is 15. The molecule has 310 valence electrons. The van der Waals surface area contributed by atoms with Gasteiger partial charge >= 0.3 is 11.9 Å². The van der Waals surface area contributed by atoms with Crippen molar-refractivity contribution in [3.63, 3.8) is 0 Å². The van der Waals surface area contributed by atoms with Gasteiger partial charge in [-0.15, -0.1) is 0 Å². The summed E-state index contributed by atoms with van der Waals surface area (Å²) in [5.41, 5.74) is 5.76. The molecule has 0 aromatic heterocycles. The first-order valence-corrected chi connectivity index (χ1v) is 19.4. The Hall–Kier alpha value is -2.81. The third-order valence-corrected chi connectivity index (χ3v) is 11.2. The monoisotopic (exact) mass is 782 g/mol. The first-order chi connectivity index (χ1) is 26.3. The summed E-state index contributed by atoms with van der Waals surface area (Å²) in [6, 6.07) is 7.96. The molecule has 0 spiro atoms. The van der Waals surface area contributed by atoms with Crippen molar-refractivity contribution in [3.05, 3.63) is 35.9 Å². The van der Waals surface area contributed by atoms with Crippen LogP contribution in [-0.4, -0.2) is 148 Å². The maximum absolute atomic E-state index is 13.6. The van der Waals surface area contributed by atoms with Crippen LogP contribution < -0.4 is 11.1 Å². The van der Waals surface area contributed by atoms with Gasteiger partial charge in [-0.3, -0.25) is 4.79 Å². The zero-order chi connectivity index (χ0) is 39.8. The van der Waals surface area contributed by atoms with Gasteiger partial charge in [0, 0.05) is 19.0 Å². The van der Waals surface area contributed by atoms with Gasteiger partial charge < -0.3 is 70.1 Å². The molecule has 4 fully saturated rings. The number of carboxylic acid groups (broad SMARTS) is 1. The molecule has 0 radical (unpaired) electrons. The van der Waals surface area contributed by atoms with Gasteiger partial charge in [0.1, 0.15) is 36.6 Å². The summed E-state index contributed by atoms with van der Waals surface area (Å²) >= 11 is 0. The van der Waals surface area contributed by atoms with E-state index in [9.17, 15) is 45.0 Å². The van der Waals surface area contributed by atoms with Gasteiger partial charge in [0.2, 0.25) is 5.91 Å². The van der Waals surface area contributed by atoms with Gasteiger partial charge in [-0.05, 0) is 50.2 Å². The number of carboxylic acids is 1. The molecule has 2 aliphatic carbocycles. The largest absolute Gasteiger partial charge is 0.479 e. The standard InChI is InChI=1S/C38H58N2O15/c1-19-15-23(34(46)40-14-13-39)17-24(31(19)55-37-30(45)29(44)27(42)20(2)50-37)52-38-33(54-36(49)22-11-7-4-8-12-22)32(28(43)26(18-41)53-38)51-25(35(47)48)16-21-9-5-3-6-10-21/h4,7-8,11-12,19-21,23-33,37-38,41-45H,3,5-6,9-10,13-18,39H2,1-2H3,(H,40,46)(H,47,48)/t19-,20-,23?,24+,25-,26+,27+,28-,29+,30-,31+,32-,33+,37?,38+/m0/s1. The van der Waals surface area contributed by atoms with Gasteiger partial charge in [-0.1, -0.05) is 57.2 Å². The van der Waals surface area contributed by atoms with E-state index < -0.39 is 110 Å². The molecule has 55 heavy (non-hydrogen) atoms. The van der Waals surface area contributed by atoms with Crippen LogP contribution in [0.5, 0.6) is 0 Å². The minimum absolute atomic E-state index is 0.00543. The van der Waals surface area contributed by atoms with Crippen molar-refractivity contribution >= 4 is 17.8 Å². The fraction of sp³-hybridized carbons (Fsp3) is 0.763. The molecule has 17 nitrogen and oxygen atoms in total. The molecule has 1 aromatic carbocycles. The molecule has 4 aliphatic rings. The van der Waals surface area contributed by atoms with Gasteiger partial charge in [0.05, 0.1) is 30.5 Å². The summed E-state index contributed by atoms with van der Waals surface area (Å²) < 4.78 is 36.8. The number of aliphatic hydroxyl groups excluding tert-OH is 5. The van der Waals surface area contributed by atoms with Crippen molar-refractivity contribution in [2.45, 2.75) is 145 Å². The van der Waals surface area contributed by atoms with Crippen molar-refractivity contribution in [1.29, 1.82) is 0 Å². The number of nitrogens with two attached hydrogens (primary N) is 1. The Balaban J connectivity index is 1.49. The van der Waals surface area contributed by atoms with Crippen LogP contribution in [0.4, 0.5) is 0 Å². The highest BCUT2D eigenvalue weighted by Gasteiger charge is 2.53. The normalized spacial score (nSPS) is 37.8. The van der Waals surface area contributed by atoms with Crippen molar-refractivity contribution in [2.24, 2.45) is 23.5 Å². The lowest BCUT2D eigenvalue weighted by Crippen LogP contribution is -2.64. The molecule has 5 rings (SSSR count). The van der Waals surface area contributed by atoms with E-state index in [0.29, 0.717) is 6.42 Å². The number of carbonyl (C=O) groups excluding carboxylic acids is 2. The Morgan fingerprint density at radius 3 is 2.24 bits per heavy atom. The summed E-state index contributed by atoms with van der Waals surface area (Å²) in [6.07, 6.45) is -13.2. The van der Waals surface area contributed by atoms with Gasteiger partial charge in [-0.2, -0.15) is 0 Å². The van der Waals surface area contributed by atoms with E-state index in [-0.39, 0.29) is 43.3 Å². The fourth-order valence-corrected chi connectivity index (χ4v) is 8.15. The summed E-state index contributed by atoms with van der Waals surface area (Å²) in [5, 5.41) is 66.6. The van der Waals surface area contributed by atoms with Crippen LogP contribution in [0.25, 0.3) is 0 Å². The first-order valence-electron chi connectivity index (χ1n) is 19.4. The quantitative estimate of drug-likeness (QED) is 0.107. The number of ether oxygens (including phenoxy) is 6. The summed E-state index contributed by atoms with van der Waals surface area (Å²) in [4.78, 5) is 39.5. The Morgan fingerprint density at radius 1 is 0.873 bits per heavy atom. The van der Waals surface area contributed by atoms with Gasteiger partial charge in [-0.25, -0.2) is 9.59 Å². The van der Waals surface area contributed by atoms with E-state index >= 15 is 0 Å². The molecule has 2 aliphatic heterocycles. The molecule has 15 atom stereocenters. The van der Waals surface area contributed by atoms with Crippen LogP contribution in [0.2, 0.25) is 0 Å². The minimum Gasteiger partial charge on any atom is -0.479 e. The number of amides is 1. The maximum Gasteiger partial charge on any atom is 0.338 e. The smallest absolute Gasteiger partial charge is 0.338 e. The lowest BCUT2D eigenvalue weighted by Gasteiger charge is -2.48. The average Bonchev–Trinajstić information content (AvgIpc) is 3.18. The summed E-state index contributed by atoms with van der Waals surface area (Å²) in [6.45, 7) is 2.98. The van der Waals surface area contributed by atoms with E-state index in [1.165, 1.54) is 19.1 Å². The van der Waals surface area contributed by atoms with Crippen LogP contribution in [0.15, 0.2) is 30.3 Å². The number of nitrogens with one attached hydrogen (secondary N) is 1. The van der Waals surface area contributed by atoms with Crippen LogP contribution in [-0.2, 0) is 38.0 Å². The number of aliphatic carboxylic acids is 1. The SMILES string of the molecule is C[C@@H]1OC(O[C@@H]2[C@@H](C)CC(C(=O)NCCN)C[C@H]2O[C@@H]2O[C@H](CO)[C@H](O)[C@H](O[C@@H](CC3CCCCC3)C(=O)O)[C@H]2OC(=O)c2ccccc2)[C@@H](O)[C@H](O)[C@@H]1O. The van der Waals surface area contributed by atoms with Gasteiger partial charge in [0.25, 0.3) is 0 Å². The molecular formula is C38H58N2O15. The van der Waals surface area contributed by atoms with Crippen molar-refractivity contribution in [2.75, 3.05) is 19.7 Å². The highest BCUT2D eigenvalue weighted by Crippen LogP contribution is 2.39. The zero-order valence-electron chi connectivity index (χ0n) is 31.3. The molecule has 1 amide bonds. The fourth-order valence-electron chi connectivity index (χ4n) is 8.15. The molecular weight excluding hydrogens is 724 g/mol. The molecule has 17 heteroatoms. The Bertz CT molecular complexity index is 1380. The Labute approximate surface area is 320 Å². The second-order valence-corrected chi connectivity index (χ2v) is 15.3. The van der Waals surface area contributed by atoms with Crippen LogP contribution in [0.1, 0.15) is 75.6 Å². The predicted molar refractivity (Wildman–Crippen MR) is 191 cm³/mol. The number of aliphatic hydroxyl groups is 5. The first kappa shape index (κ1) is 43.3. The molecule has 0 bridgehead atoms. The second-order valence-electron chi connectivity index (χ2n) is 15.3. The van der Waals surface area contributed by atoms with Crippen LogP contribution in [0, 0.1) is 17.8 Å². The number of rotatable bonds is 15. The van der Waals surface area contributed by atoms with Crippen molar-refractivity contribution < 1.29 is 73.4 Å². The van der Waals surface area contributed by atoms with E-state index in [0.717, 1.165) is 32.1 Å². The number of carbonyl (C=O) groups is 3. The van der Waals surface area contributed by atoms with E-state index in [1.807, 2.05) is 0 Å². The second kappa shape index (κ2) is 20.1. The Kier molecular flexibility index (Phi) is 15.8. The van der Waals surface area contributed by atoms with E-state index in [2.05, 4.69) is 5.32 Å². The Morgan fingerprint density at radius 2 is 1.58 bits per heavy atom. The lowest BCUT2D eigenvalue weighted by molar-refractivity contribution is -0.349. The number of hydrogen-bond donors (Lipinski definition) is 8. The molecule has 2 unspecified atom stereocenters. The predicted octanol–water partition coefficient (Wildman–Crippen LogP) is -0.182. The molecule has 2 heterocycles. The average molecular weight is 783 g/mol. The molecule has 2 saturated carbocycles. The topological polar surface area (TPSA) is 266 Å². The third-order valence-electron chi connectivity index (χ3n) is 11.2. The highest BCUT2D eigenvalue weighted by atomic mass is 16.7. The molecule has 1 aromatic rings. The summed E-state index contributed by atoms with van der Waals surface area (Å²) in [7, 11) is 0. The summed E-state index contributed by atoms with van der Waals surface area (Å²) in [5.74, 6) is -3.48. The zero-order valence-corrected chi connectivity index (χ0v) is 31.3. The molecule has 9 N–H and O–H groups in total. The molecule has 2 saturated heterocycles. The highest BCUT2D eigenvalue weighted by molar-refractivity contribution is 5.89. The van der Waals surface area contributed by atoms with Crippen molar-refractivity contribution in [1.82, 2.24) is 5.32 Å². The van der Waals surface area contributed by atoms with Gasteiger partial charge in [0.15, 0.2) is 24.8 Å². The maximum atomic E-state index is 13.6. The third kappa shape index (κ3) is 10.8. The van der Waals surface area contributed by atoms with E-state index in [1.54, 1.807) is 25.1 Å². The van der Waals surface area contributed by atoms with Crippen LogP contribution >= 0.6 is 0 Å². The lowest BCUT2D eigenvalue weighted by atomic mass is 9.77. The van der Waals surface area contributed by atoms with E-state index in [4.69, 9.17) is 34.2 Å². The van der Waals surface area contributed by atoms with Crippen molar-refractivity contribution in [3.8, 4) is 0 Å².